The highest BCUT2D eigenvalue weighted by Crippen LogP contribution is 2.14. The summed E-state index contributed by atoms with van der Waals surface area (Å²) < 4.78 is 1.88. The first-order valence-corrected chi connectivity index (χ1v) is 7.11. The van der Waals surface area contributed by atoms with Crippen LogP contribution in [-0.4, -0.2) is 70.6 Å². The Balaban J connectivity index is 1.90. The van der Waals surface area contributed by atoms with E-state index in [1.165, 1.54) is 12.1 Å². The first-order valence-electron chi connectivity index (χ1n) is 7.11. The maximum atomic E-state index is 10.5. The van der Waals surface area contributed by atoms with Gasteiger partial charge in [0.25, 0.3) is 0 Å². The van der Waals surface area contributed by atoms with E-state index in [0.717, 1.165) is 32.5 Å². The fraction of sp³-hybridized carbons (Fsp3) is 0.786. The molecule has 0 radical (unpaired) electrons. The minimum atomic E-state index is -0.277. The average Bonchev–Trinajstić information content (AvgIpc) is 2.70. The standard InChI is InChI=1S/C14H26N4O/c1-16-9-4-10-17(2)13(11-16)14(19)6-5-12-7-8-15-18(12)3/h7-8,13-14,19H,4-6,9-11H2,1-3H3. The molecule has 19 heavy (non-hydrogen) atoms. The number of likely N-dealkylation sites (N-methyl/N-ethyl adjacent to an activating group) is 2. The predicted octanol–water partition coefficient (Wildman–Crippen LogP) is 0.349. The molecule has 1 aliphatic heterocycles. The van der Waals surface area contributed by atoms with Crippen LogP contribution in [0.4, 0.5) is 0 Å². The van der Waals surface area contributed by atoms with E-state index in [-0.39, 0.29) is 12.1 Å². The fourth-order valence-corrected chi connectivity index (χ4v) is 2.86. The molecular formula is C14H26N4O. The lowest BCUT2D eigenvalue weighted by Crippen LogP contribution is -2.46. The van der Waals surface area contributed by atoms with Gasteiger partial charge < -0.3 is 10.0 Å². The minimum absolute atomic E-state index is 0.237. The molecule has 108 valence electrons. The van der Waals surface area contributed by atoms with Crippen molar-refractivity contribution in [1.29, 1.82) is 0 Å². The maximum absolute atomic E-state index is 10.5. The second-order valence-electron chi connectivity index (χ2n) is 5.72. The van der Waals surface area contributed by atoms with Gasteiger partial charge in [-0.25, -0.2) is 0 Å². The van der Waals surface area contributed by atoms with Crippen molar-refractivity contribution in [3.8, 4) is 0 Å². The van der Waals surface area contributed by atoms with Gasteiger partial charge in [-0.3, -0.25) is 9.58 Å². The van der Waals surface area contributed by atoms with Crippen molar-refractivity contribution in [2.75, 3.05) is 33.7 Å². The van der Waals surface area contributed by atoms with Crippen molar-refractivity contribution in [3.05, 3.63) is 18.0 Å². The molecule has 0 saturated carbocycles. The second-order valence-corrected chi connectivity index (χ2v) is 5.72. The van der Waals surface area contributed by atoms with Crippen molar-refractivity contribution in [3.63, 3.8) is 0 Å². The van der Waals surface area contributed by atoms with Gasteiger partial charge in [-0.15, -0.1) is 0 Å². The second kappa shape index (κ2) is 6.50. The van der Waals surface area contributed by atoms with E-state index in [9.17, 15) is 5.11 Å². The summed E-state index contributed by atoms with van der Waals surface area (Å²) in [5.74, 6) is 0. The van der Waals surface area contributed by atoms with Crippen LogP contribution >= 0.6 is 0 Å². The van der Waals surface area contributed by atoms with Crippen molar-refractivity contribution in [2.24, 2.45) is 7.05 Å². The zero-order chi connectivity index (χ0) is 13.8. The topological polar surface area (TPSA) is 44.5 Å². The van der Waals surface area contributed by atoms with Crippen LogP contribution in [0, 0.1) is 0 Å². The fourth-order valence-electron chi connectivity index (χ4n) is 2.86. The summed E-state index contributed by atoms with van der Waals surface area (Å²) in [6, 6.07) is 2.26. The van der Waals surface area contributed by atoms with Gasteiger partial charge in [0, 0.05) is 31.5 Å². The third-order valence-corrected chi connectivity index (χ3v) is 4.18. The molecule has 5 heteroatoms. The molecule has 0 aromatic carbocycles. The number of aromatic nitrogens is 2. The highest BCUT2D eigenvalue weighted by atomic mass is 16.3. The van der Waals surface area contributed by atoms with E-state index in [2.05, 4.69) is 29.0 Å². The van der Waals surface area contributed by atoms with Gasteiger partial charge in [0.15, 0.2) is 0 Å². The summed E-state index contributed by atoms with van der Waals surface area (Å²) >= 11 is 0. The van der Waals surface area contributed by atoms with Crippen LogP contribution in [0.2, 0.25) is 0 Å². The molecule has 2 heterocycles. The van der Waals surface area contributed by atoms with Crippen LogP contribution in [0.1, 0.15) is 18.5 Å². The van der Waals surface area contributed by atoms with Gasteiger partial charge >= 0.3 is 0 Å². The summed E-state index contributed by atoms with van der Waals surface area (Å²) in [5.41, 5.74) is 1.18. The predicted molar refractivity (Wildman–Crippen MR) is 76.1 cm³/mol. The molecule has 1 aromatic rings. The summed E-state index contributed by atoms with van der Waals surface area (Å²) in [4.78, 5) is 4.62. The molecule has 5 nitrogen and oxygen atoms in total. The van der Waals surface area contributed by atoms with E-state index in [1.807, 2.05) is 24.0 Å². The average molecular weight is 266 g/mol. The molecule has 1 saturated heterocycles. The zero-order valence-corrected chi connectivity index (χ0v) is 12.3. The van der Waals surface area contributed by atoms with Crippen molar-refractivity contribution >= 4 is 0 Å². The van der Waals surface area contributed by atoms with E-state index in [0.29, 0.717) is 0 Å². The Morgan fingerprint density at radius 1 is 1.37 bits per heavy atom. The molecule has 1 N–H and O–H groups in total. The molecule has 2 rings (SSSR count). The number of nitrogens with zero attached hydrogens (tertiary/aromatic N) is 4. The van der Waals surface area contributed by atoms with Crippen LogP contribution in [0.3, 0.4) is 0 Å². The lowest BCUT2D eigenvalue weighted by molar-refractivity contribution is 0.0518. The lowest BCUT2D eigenvalue weighted by atomic mass is 10.0. The van der Waals surface area contributed by atoms with E-state index in [4.69, 9.17) is 0 Å². The molecule has 2 atom stereocenters. The Bertz CT molecular complexity index is 393. The minimum Gasteiger partial charge on any atom is -0.391 e. The molecule has 0 aliphatic carbocycles. The van der Waals surface area contributed by atoms with Gasteiger partial charge in [0.1, 0.15) is 0 Å². The Kier molecular flexibility index (Phi) is 4.96. The Morgan fingerprint density at radius 2 is 2.16 bits per heavy atom. The normalized spacial score (nSPS) is 24.3. The third kappa shape index (κ3) is 3.78. The van der Waals surface area contributed by atoms with Crippen molar-refractivity contribution in [2.45, 2.75) is 31.4 Å². The van der Waals surface area contributed by atoms with Gasteiger partial charge in [0.2, 0.25) is 0 Å². The van der Waals surface area contributed by atoms with Crippen LogP contribution in [0.15, 0.2) is 12.3 Å². The molecule has 0 spiro atoms. The molecule has 1 aliphatic rings. The first kappa shape index (κ1) is 14.5. The Hall–Kier alpha value is -0.910. The third-order valence-electron chi connectivity index (χ3n) is 4.18. The SMILES string of the molecule is CN1CCCN(C)C(C(O)CCc2ccnn2C)C1. The van der Waals surface area contributed by atoms with Crippen LogP contribution in [0.25, 0.3) is 0 Å². The molecular weight excluding hydrogens is 240 g/mol. The zero-order valence-electron chi connectivity index (χ0n) is 12.3. The monoisotopic (exact) mass is 266 g/mol. The number of aliphatic hydroxyl groups is 1. The van der Waals surface area contributed by atoms with E-state index >= 15 is 0 Å². The quantitative estimate of drug-likeness (QED) is 0.854. The summed E-state index contributed by atoms with van der Waals surface area (Å²) in [6.45, 7) is 3.14. The summed E-state index contributed by atoms with van der Waals surface area (Å²) in [7, 11) is 6.21. The number of hydrogen-bond acceptors (Lipinski definition) is 4. The number of rotatable bonds is 4. The lowest BCUT2D eigenvalue weighted by Gasteiger charge is -2.31. The maximum Gasteiger partial charge on any atom is 0.0711 e. The number of hydrogen-bond donors (Lipinski definition) is 1. The number of aliphatic hydroxyl groups excluding tert-OH is 1. The van der Waals surface area contributed by atoms with Gasteiger partial charge in [-0.05, 0) is 52.5 Å². The molecule has 0 amide bonds. The van der Waals surface area contributed by atoms with Crippen LogP contribution in [-0.2, 0) is 13.5 Å². The smallest absolute Gasteiger partial charge is 0.0711 e. The van der Waals surface area contributed by atoms with Gasteiger partial charge in [-0.1, -0.05) is 0 Å². The van der Waals surface area contributed by atoms with Crippen LogP contribution in [0.5, 0.6) is 0 Å². The van der Waals surface area contributed by atoms with Crippen molar-refractivity contribution < 1.29 is 5.11 Å². The van der Waals surface area contributed by atoms with Gasteiger partial charge in [0.05, 0.1) is 6.10 Å². The molecule has 0 bridgehead atoms. The number of aryl methyl sites for hydroxylation is 2. The first-order chi connectivity index (χ1) is 9.08. The Morgan fingerprint density at radius 3 is 2.84 bits per heavy atom. The molecule has 2 unspecified atom stereocenters. The Labute approximate surface area is 115 Å². The van der Waals surface area contributed by atoms with Crippen molar-refractivity contribution in [1.82, 2.24) is 19.6 Å². The summed E-state index contributed by atoms with van der Waals surface area (Å²) in [6.07, 6.45) is 4.39. The summed E-state index contributed by atoms with van der Waals surface area (Å²) in [5, 5.41) is 14.6. The largest absolute Gasteiger partial charge is 0.391 e. The van der Waals surface area contributed by atoms with E-state index in [1.54, 1.807) is 0 Å². The van der Waals surface area contributed by atoms with Gasteiger partial charge in [-0.2, -0.15) is 5.10 Å². The highest BCUT2D eigenvalue weighted by Gasteiger charge is 2.26. The van der Waals surface area contributed by atoms with Crippen LogP contribution < -0.4 is 0 Å². The highest BCUT2D eigenvalue weighted by molar-refractivity contribution is 5.00. The molecule has 1 fully saturated rings. The van der Waals surface area contributed by atoms with E-state index < -0.39 is 0 Å². The molecule has 1 aromatic heterocycles.